The van der Waals surface area contributed by atoms with Gasteiger partial charge < -0.3 is 13.7 Å². The molecule has 0 bridgehead atoms. The van der Waals surface area contributed by atoms with Crippen molar-refractivity contribution in [3.8, 4) is 0 Å². The van der Waals surface area contributed by atoms with Crippen LogP contribution < -0.4 is 5.46 Å². The molecule has 118 valence electrons. The molecule has 0 aromatic carbocycles. The third kappa shape index (κ3) is 2.47. The van der Waals surface area contributed by atoms with Crippen LogP contribution in [-0.2, 0) is 9.31 Å². The first-order valence-corrected chi connectivity index (χ1v) is 6.68. The van der Waals surface area contributed by atoms with Crippen molar-refractivity contribution < 1.29 is 14.2 Å². The highest BCUT2D eigenvalue weighted by atomic mass is 35.5. The molecule has 1 saturated heterocycles. The summed E-state index contributed by atoms with van der Waals surface area (Å²) < 4.78 is 13.5. The molecule has 0 aliphatic carbocycles. The van der Waals surface area contributed by atoms with Crippen molar-refractivity contribution in [2.24, 2.45) is 0 Å². The van der Waals surface area contributed by atoms with E-state index in [2.05, 4.69) is 4.98 Å². The van der Waals surface area contributed by atoms with E-state index >= 15 is 0 Å². The molecule has 1 aliphatic rings. The molecule has 0 saturated carbocycles. The Morgan fingerprint density at radius 1 is 1.27 bits per heavy atom. The maximum absolute atomic E-state index is 11.1. The van der Waals surface area contributed by atoms with Crippen LogP contribution in [0.15, 0.2) is 24.7 Å². The van der Waals surface area contributed by atoms with E-state index in [4.69, 9.17) is 9.31 Å². The number of rotatable bonds is 2. The summed E-state index contributed by atoms with van der Waals surface area (Å²) in [5.41, 5.74) is 0.120. The van der Waals surface area contributed by atoms with Crippen molar-refractivity contribution >= 4 is 36.3 Å². The highest BCUT2D eigenvalue weighted by molar-refractivity contribution is 6.64. The van der Waals surface area contributed by atoms with Crippen LogP contribution in [0, 0.1) is 10.1 Å². The fraction of sp³-hybridized carbons (Fsp3) is 0.462. The number of hydrogen-bond acceptors (Lipinski definition) is 5. The van der Waals surface area contributed by atoms with Crippen LogP contribution >= 0.6 is 12.4 Å². The van der Waals surface area contributed by atoms with E-state index in [1.807, 2.05) is 27.7 Å². The molecule has 1 fully saturated rings. The van der Waals surface area contributed by atoms with Crippen molar-refractivity contribution in [3.05, 3.63) is 34.8 Å². The first-order valence-electron chi connectivity index (χ1n) is 6.68. The Hall–Kier alpha value is -1.64. The van der Waals surface area contributed by atoms with Crippen LogP contribution in [-0.4, -0.2) is 32.6 Å². The predicted molar refractivity (Wildman–Crippen MR) is 84.8 cm³/mol. The van der Waals surface area contributed by atoms with E-state index in [-0.39, 0.29) is 18.1 Å². The van der Waals surface area contributed by atoms with Crippen LogP contribution in [0.1, 0.15) is 27.7 Å². The molecule has 9 heteroatoms. The molecule has 3 heterocycles. The lowest BCUT2D eigenvalue weighted by atomic mass is 9.79. The Kier molecular flexibility index (Phi) is 3.97. The van der Waals surface area contributed by atoms with E-state index < -0.39 is 23.2 Å². The van der Waals surface area contributed by atoms with E-state index in [1.165, 1.54) is 12.3 Å². The quantitative estimate of drug-likeness (QED) is 0.479. The molecule has 22 heavy (non-hydrogen) atoms. The van der Waals surface area contributed by atoms with Gasteiger partial charge >= 0.3 is 7.12 Å². The van der Waals surface area contributed by atoms with Crippen molar-refractivity contribution in [1.82, 2.24) is 9.38 Å². The summed E-state index contributed by atoms with van der Waals surface area (Å²) in [6.45, 7) is 7.75. The molecule has 1 aliphatic heterocycles. The third-order valence-electron chi connectivity index (χ3n) is 4.22. The minimum absolute atomic E-state index is 0. The number of pyridine rings is 1. The number of hydrogen-bond donors (Lipinski definition) is 0. The summed E-state index contributed by atoms with van der Waals surface area (Å²) in [7, 11) is -0.681. The number of aromatic nitrogens is 2. The van der Waals surface area contributed by atoms with Gasteiger partial charge in [-0.1, -0.05) is 0 Å². The van der Waals surface area contributed by atoms with Gasteiger partial charge in [-0.2, -0.15) is 0 Å². The molecule has 7 nitrogen and oxygen atoms in total. The number of nitrogens with zero attached hydrogens (tertiary/aromatic N) is 3. The summed E-state index contributed by atoms with van der Waals surface area (Å²) in [6.07, 6.45) is 4.68. The Morgan fingerprint density at radius 2 is 1.86 bits per heavy atom. The van der Waals surface area contributed by atoms with Gasteiger partial charge in [0.15, 0.2) is 0 Å². The lowest BCUT2D eigenvalue weighted by molar-refractivity contribution is -0.385. The van der Waals surface area contributed by atoms with Gasteiger partial charge in [0.05, 0.1) is 22.3 Å². The number of nitro groups is 1. The van der Waals surface area contributed by atoms with Crippen LogP contribution in [0.3, 0.4) is 0 Å². The zero-order valence-corrected chi connectivity index (χ0v) is 13.6. The molecule has 2 aromatic heterocycles. The van der Waals surface area contributed by atoms with E-state index in [1.54, 1.807) is 16.8 Å². The van der Waals surface area contributed by atoms with Crippen LogP contribution in [0.25, 0.3) is 5.65 Å². The standard InChI is InChI=1S/C13H16BN3O4.ClH/c1-12(2)13(3,4)21-14(20-12)10-7-9(17(18)19)8-16-6-5-15-11(10)16;/h5-8H,1-4H3;1H. The smallest absolute Gasteiger partial charge is 0.399 e. The molecule has 0 amide bonds. The van der Waals surface area contributed by atoms with Gasteiger partial charge in [0.25, 0.3) is 5.69 Å². The summed E-state index contributed by atoms with van der Waals surface area (Å²) >= 11 is 0. The van der Waals surface area contributed by atoms with Crippen LogP contribution in [0.5, 0.6) is 0 Å². The molecular weight excluding hydrogens is 308 g/mol. The largest absolute Gasteiger partial charge is 0.498 e. The summed E-state index contributed by atoms with van der Waals surface area (Å²) in [6, 6.07) is 1.46. The molecule has 3 rings (SSSR count). The Labute approximate surface area is 134 Å². The normalized spacial score (nSPS) is 19.2. The molecule has 0 atom stereocenters. The summed E-state index contributed by atoms with van der Waals surface area (Å²) in [5, 5.41) is 11.1. The minimum atomic E-state index is -0.681. The monoisotopic (exact) mass is 325 g/mol. The fourth-order valence-corrected chi connectivity index (χ4v) is 2.29. The zero-order valence-electron chi connectivity index (χ0n) is 12.8. The second kappa shape index (κ2) is 5.22. The van der Waals surface area contributed by atoms with Gasteiger partial charge in [-0.05, 0) is 27.7 Å². The molecular formula is C13H17BClN3O4. The average molecular weight is 326 g/mol. The third-order valence-corrected chi connectivity index (χ3v) is 4.22. The van der Waals surface area contributed by atoms with Gasteiger partial charge in [0.1, 0.15) is 5.65 Å². The van der Waals surface area contributed by atoms with Crippen molar-refractivity contribution in [2.45, 2.75) is 38.9 Å². The topological polar surface area (TPSA) is 78.9 Å². The molecule has 2 aromatic rings. The van der Waals surface area contributed by atoms with E-state index in [0.717, 1.165) is 0 Å². The lowest BCUT2D eigenvalue weighted by Gasteiger charge is -2.32. The average Bonchev–Trinajstić information content (AvgIpc) is 2.90. The lowest BCUT2D eigenvalue weighted by Crippen LogP contribution is -2.41. The highest BCUT2D eigenvalue weighted by Gasteiger charge is 2.52. The first kappa shape index (κ1) is 16.7. The predicted octanol–water partition coefficient (Wildman–Crippen LogP) is 1.96. The SMILES string of the molecule is CC1(C)OB(c2cc([N+](=O)[O-])cn3ccnc23)OC1(C)C.Cl. The molecule has 0 radical (unpaired) electrons. The highest BCUT2D eigenvalue weighted by Crippen LogP contribution is 2.36. The Morgan fingerprint density at radius 3 is 2.41 bits per heavy atom. The van der Waals surface area contributed by atoms with Crippen molar-refractivity contribution in [3.63, 3.8) is 0 Å². The van der Waals surface area contributed by atoms with Gasteiger partial charge in [-0.15, -0.1) is 12.4 Å². The molecule has 0 N–H and O–H groups in total. The second-order valence-corrected chi connectivity index (χ2v) is 6.16. The maximum atomic E-state index is 11.1. The number of imidazole rings is 1. The molecule has 0 unspecified atom stereocenters. The zero-order chi connectivity index (χ0) is 15.4. The number of halogens is 1. The minimum Gasteiger partial charge on any atom is -0.399 e. The number of fused-ring (bicyclic) bond motifs is 1. The van der Waals surface area contributed by atoms with Gasteiger partial charge in [-0.25, -0.2) is 4.98 Å². The molecule has 0 spiro atoms. The van der Waals surface area contributed by atoms with Gasteiger partial charge in [-0.3, -0.25) is 10.1 Å². The Balaban J connectivity index is 0.00000176. The first-order chi connectivity index (χ1) is 9.71. The van der Waals surface area contributed by atoms with Gasteiger partial charge in [0.2, 0.25) is 0 Å². The van der Waals surface area contributed by atoms with Crippen molar-refractivity contribution in [1.29, 1.82) is 0 Å². The fourth-order valence-electron chi connectivity index (χ4n) is 2.29. The maximum Gasteiger partial charge on any atom is 0.498 e. The van der Waals surface area contributed by atoms with E-state index in [0.29, 0.717) is 11.1 Å². The van der Waals surface area contributed by atoms with Gasteiger partial charge in [0, 0.05) is 23.9 Å². The summed E-state index contributed by atoms with van der Waals surface area (Å²) in [5.74, 6) is 0. The second-order valence-electron chi connectivity index (χ2n) is 6.16. The van der Waals surface area contributed by atoms with Crippen LogP contribution in [0.2, 0.25) is 0 Å². The van der Waals surface area contributed by atoms with Crippen molar-refractivity contribution in [2.75, 3.05) is 0 Å². The van der Waals surface area contributed by atoms with Crippen LogP contribution in [0.4, 0.5) is 5.69 Å². The van der Waals surface area contributed by atoms with E-state index in [9.17, 15) is 10.1 Å². The Bertz CT molecular complexity index is 715. The summed E-state index contributed by atoms with van der Waals surface area (Å²) in [4.78, 5) is 14.9.